The Morgan fingerprint density at radius 1 is 1.06 bits per heavy atom. The Labute approximate surface area is 198 Å². The van der Waals surface area contributed by atoms with Gasteiger partial charge in [-0.1, -0.05) is 18.2 Å². The molecule has 0 aliphatic carbocycles. The first kappa shape index (κ1) is 25.3. The molecule has 2 aromatic rings. The Bertz CT molecular complexity index is 1070. The van der Waals surface area contributed by atoms with Gasteiger partial charge in [0.1, 0.15) is 18.4 Å². The van der Waals surface area contributed by atoms with Gasteiger partial charge in [-0.25, -0.2) is 18.0 Å². The molecule has 2 N–H and O–H groups in total. The molecule has 10 nitrogen and oxygen atoms in total. The molecule has 1 atom stereocenters. The topological polar surface area (TPSA) is 134 Å². The first-order valence-corrected chi connectivity index (χ1v) is 12.2. The van der Waals surface area contributed by atoms with Crippen LogP contribution in [0.2, 0.25) is 0 Å². The quantitative estimate of drug-likeness (QED) is 0.510. The number of carboxylic acid groups (broad SMARTS) is 1. The minimum Gasteiger partial charge on any atom is -0.508 e. The average Bonchev–Trinajstić information content (AvgIpc) is 2.83. The molecule has 11 heteroatoms. The van der Waals surface area contributed by atoms with Crippen molar-refractivity contribution in [1.29, 1.82) is 0 Å². The van der Waals surface area contributed by atoms with Gasteiger partial charge >= 0.3 is 12.1 Å². The number of anilines is 1. The van der Waals surface area contributed by atoms with E-state index in [0.717, 1.165) is 4.31 Å². The van der Waals surface area contributed by atoms with E-state index in [0.29, 0.717) is 0 Å². The van der Waals surface area contributed by atoms with Crippen LogP contribution >= 0.6 is 0 Å². The fourth-order valence-corrected chi connectivity index (χ4v) is 5.64. The highest BCUT2D eigenvalue weighted by Gasteiger charge is 2.42. The molecule has 1 aliphatic heterocycles. The second kappa shape index (κ2) is 11.2. The number of carbonyl (C=O) groups excluding carboxylic acids is 1. The number of phenols is 1. The van der Waals surface area contributed by atoms with Gasteiger partial charge in [-0.05, 0) is 55.2 Å². The highest BCUT2D eigenvalue weighted by molar-refractivity contribution is 7.93. The molecule has 1 fully saturated rings. The number of aliphatic carboxylic acids is 1. The van der Waals surface area contributed by atoms with E-state index in [1.165, 1.54) is 48.4 Å². The number of carbonyl (C=O) groups is 2. The Kier molecular flexibility index (Phi) is 8.35. The molecule has 2 aromatic carbocycles. The number of piperidine rings is 1. The van der Waals surface area contributed by atoms with Crippen LogP contribution < -0.4 is 4.31 Å². The zero-order chi connectivity index (χ0) is 24.7. The number of nitrogens with zero attached hydrogens (tertiary/aromatic N) is 2. The lowest BCUT2D eigenvalue weighted by Crippen LogP contribution is -2.52. The molecule has 1 heterocycles. The predicted molar refractivity (Wildman–Crippen MR) is 123 cm³/mol. The number of sulfonamides is 1. The van der Waals surface area contributed by atoms with E-state index in [9.17, 15) is 28.2 Å². The number of phenolic OH excluding ortho intramolecular Hbond substituents is 1. The van der Waals surface area contributed by atoms with E-state index in [1.807, 2.05) is 0 Å². The molecular formula is C23H28N2O8S. The fraction of sp³-hybridized carbons (Fsp3) is 0.391. The van der Waals surface area contributed by atoms with Gasteiger partial charge in [-0.15, -0.1) is 0 Å². The van der Waals surface area contributed by atoms with Crippen LogP contribution in [0.15, 0.2) is 59.5 Å². The molecule has 1 saturated heterocycles. The van der Waals surface area contributed by atoms with Crippen molar-refractivity contribution >= 4 is 27.8 Å². The lowest BCUT2D eigenvalue weighted by atomic mass is 9.89. The molecule has 0 spiro atoms. The maximum absolute atomic E-state index is 13.6. The van der Waals surface area contributed by atoms with Crippen molar-refractivity contribution < 1.29 is 37.7 Å². The summed E-state index contributed by atoms with van der Waals surface area (Å²) in [5, 5.41) is 19.8. The normalized spacial score (nSPS) is 15.5. The maximum atomic E-state index is 13.6. The van der Waals surface area contributed by atoms with Gasteiger partial charge in [0.15, 0.2) is 0 Å². The van der Waals surface area contributed by atoms with Crippen LogP contribution in [0.1, 0.15) is 12.8 Å². The van der Waals surface area contributed by atoms with Crippen LogP contribution in [-0.2, 0) is 24.3 Å². The van der Waals surface area contributed by atoms with Crippen LogP contribution in [0.3, 0.4) is 0 Å². The van der Waals surface area contributed by atoms with Crippen molar-refractivity contribution in [3.63, 3.8) is 0 Å². The molecule has 0 aromatic heterocycles. The zero-order valence-electron chi connectivity index (χ0n) is 18.7. The summed E-state index contributed by atoms with van der Waals surface area (Å²) in [6.45, 7) is 0.837. The van der Waals surface area contributed by atoms with Crippen molar-refractivity contribution in [2.75, 3.05) is 37.7 Å². The molecule has 0 radical (unpaired) electrons. The number of aromatic hydroxyl groups is 1. The first-order valence-electron chi connectivity index (χ1n) is 10.8. The third kappa shape index (κ3) is 5.78. The minimum atomic E-state index is -4.25. The summed E-state index contributed by atoms with van der Waals surface area (Å²) in [4.78, 5) is 26.1. The molecule has 0 bridgehead atoms. The van der Waals surface area contributed by atoms with Crippen molar-refractivity contribution in [2.24, 2.45) is 5.92 Å². The third-order valence-electron chi connectivity index (χ3n) is 5.67. The lowest BCUT2D eigenvalue weighted by molar-refractivity contribution is -0.140. The highest BCUT2D eigenvalue weighted by atomic mass is 32.2. The van der Waals surface area contributed by atoms with Crippen LogP contribution in [0.4, 0.5) is 10.5 Å². The summed E-state index contributed by atoms with van der Waals surface area (Å²) >= 11 is 0. The van der Waals surface area contributed by atoms with Crippen LogP contribution in [0.5, 0.6) is 5.75 Å². The second-order valence-electron chi connectivity index (χ2n) is 7.85. The molecule has 1 unspecified atom stereocenters. The Morgan fingerprint density at radius 3 is 2.24 bits per heavy atom. The number of benzene rings is 2. The number of carboxylic acids is 1. The number of hydrogen-bond acceptors (Lipinski definition) is 7. The molecule has 1 amide bonds. The van der Waals surface area contributed by atoms with E-state index >= 15 is 0 Å². The Balaban J connectivity index is 1.90. The minimum absolute atomic E-state index is 0.0477. The number of amides is 1. The number of ether oxygens (including phenoxy) is 2. The summed E-state index contributed by atoms with van der Waals surface area (Å²) < 4.78 is 38.1. The number of rotatable bonds is 9. The van der Waals surface area contributed by atoms with Crippen LogP contribution in [0, 0.1) is 5.92 Å². The first-order chi connectivity index (χ1) is 16.3. The molecule has 184 valence electrons. The molecular weight excluding hydrogens is 464 g/mol. The number of likely N-dealkylation sites (tertiary alicyclic amines) is 1. The van der Waals surface area contributed by atoms with Gasteiger partial charge < -0.3 is 24.6 Å². The molecule has 34 heavy (non-hydrogen) atoms. The number of methoxy groups -OCH3 is 1. The van der Waals surface area contributed by atoms with Crippen molar-refractivity contribution in [3.05, 3.63) is 54.6 Å². The number of hydrogen-bond donors (Lipinski definition) is 2. The second-order valence-corrected chi connectivity index (χ2v) is 9.66. The SMILES string of the molecule is COCCOC(=O)N1CCC(C(C(=O)O)N(c2ccc(O)cc2)S(=O)(=O)c2ccccc2)CC1. The fourth-order valence-electron chi connectivity index (χ4n) is 3.95. The van der Waals surface area contributed by atoms with Crippen LogP contribution in [-0.4, -0.2) is 75.0 Å². The molecule has 1 aliphatic rings. The summed E-state index contributed by atoms with van der Waals surface area (Å²) in [7, 11) is -2.76. The average molecular weight is 493 g/mol. The van der Waals surface area contributed by atoms with Gasteiger partial charge in [0.2, 0.25) is 0 Å². The van der Waals surface area contributed by atoms with E-state index in [4.69, 9.17) is 9.47 Å². The maximum Gasteiger partial charge on any atom is 0.409 e. The van der Waals surface area contributed by atoms with Crippen LogP contribution in [0.25, 0.3) is 0 Å². The highest BCUT2D eigenvalue weighted by Crippen LogP contribution is 2.34. The monoisotopic (exact) mass is 492 g/mol. The lowest BCUT2D eigenvalue weighted by Gasteiger charge is -2.39. The zero-order valence-corrected chi connectivity index (χ0v) is 19.6. The Morgan fingerprint density at radius 2 is 1.68 bits per heavy atom. The van der Waals surface area contributed by atoms with E-state index < -0.39 is 34.0 Å². The van der Waals surface area contributed by atoms with Gasteiger partial charge in [0.05, 0.1) is 17.2 Å². The standard InChI is InChI=1S/C23H28N2O8S/c1-32-15-16-33-23(29)24-13-11-17(12-14-24)21(22(27)28)25(18-7-9-19(26)10-8-18)34(30,31)20-5-3-2-4-6-20/h2-10,17,21,26H,11-16H2,1H3,(H,27,28). The van der Waals surface area contributed by atoms with E-state index in [-0.39, 0.29) is 55.5 Å². The third-order valence-corrected chi connectivity index (χ3v) is 7.49. The smallest absolute Gasteiger partial charge is 0.409 e. The van der Waals surface area contributed by atoms with Crippen molar-refractivity contribution in [2.45, 2.75) is 23.8 Å². The molecule has 0 saturated carbocycles. The van der Waals surface area contributed by atoms with E-state index in [2.05, 4.69) is 0 Å². The summed E-state index contributed by atoms with van der Waals surface area (Å²) in [6, 6.07) is 11.5. The predicted octanol–water partition coefficient (Wildman–Crippen LogP) is 2.54. The van der Waals surface area contributed by atoms with Crippen molar-refractivity contribution in [3.8, 4) is 5.75 Å². The summed E-state index contributed by atoms with van der Waals surface area (Å²) in [5.74, 6) is -1.94. The Hall–Kier alpha value is -3.31. The van der Waals surface area contributed by atoms with Gasteiger partial charge in [0.25, 0.3) is 10.0 Å². The largest absolute Gasteiger partial charge is 0.508 e. The van der Waals surface area contributed by atoms with E-state index in [1.54, 1.807) is 18.2 Å². The van der Waals surface area contributed by atoms with Crippen molar-refractivity contribution in [1.82, 2.24) is 4.90 Å². The summed E-state index contributed by atoms with van der Waals surface area (Å²) in [6.07, 6.45) is 0.0273. The molecule has 3 rings (SSSR count). The summed E-state index contributed by atoms with van der Waals surface area (Å²) in [5.41, 5.74) is 0.121. The van der Waals surface area contributed by atoms with Gasteiger partial charge in [-0.3, -0.25) is 4.31 Å². The van der Waals surface area contributed by atoms with Gasteiger partial charge in [0, 0.05) is 20.2 Å². The van der Waals surface area contributed by atoms with Gasteiger partial charge in [-0.2, -0.15) is 0 Å².